The van der Waals surface area contributed by atoms with Gasteiger partial charge in [-0.05, 0) is 38.5 Å². The van der Waals surface area contributed by atoms with Gasteiger partial charge in [0.05, 0.1) is 17.3 Å². The Labute approximate surface area is 117 Å². The van der Waals surface area contributed by atoms with Gasteiger partial charge in [-0.1, -0.05) is 19.1 Å². The number of hydroxylamine groups is 2. The number of hydrogen-bond donors (Lipinski definition) is 0. The Kier molecular flexibility index (Phi) is 2.78. The van der Waals surface area contributed by atoms with E-state index in [0.29, 0.717) is 6.42 Å². The van der Waals surface area contributed by atoms with Gasteiger partial charge in [-0.3, -0.25) is 9.59 Å². The third-order valence-electron chi connectivity index (χ3n) is 5.04. The van der Waals surface area contributed by atoms with E-state index in [2.05, 4.69) is 0 Å². The molecule has 2 fully saturated rings. The second-order valence-electron chi connectivity index (χ2n) is 6.59. The highest BCUT2D eigenvalue weighted by atomic mass is 16.7. The van der Waals surface area contributed by atoms with E-state index in [9.17, 15) is 14.4 Å². The molecular formula is C15H19NO4. The summed E-state index contributed by atoms with van der Waals surface area (Å²) in [6.07, 6.45) is 5.48. The lowest BCUT2D eigenvalue weighted by Crippen LogP contribution is -2.39. The van der Waals surface area contributed by atoms with Crippen LogP contribution in [0.2, 0.25) is 0 Å². The van der Waals surface area contributed by atoms with Crippen LogP contribution in [0.25, 0.3) is 0 Å². The van der Waals surface area contributed by atoms with Gasteiger partial charge in [-0.15, -0.1) is 5.06 Å². The highest BCUT2D eigenvalue weighted by Gasteiger charge is 2.61. The van der Waals surface area contributed by atoms with Crippen molar-refractivity contribution in [1.29, 1.82) is 0 Å². The zero-order valence-electron chi connectivity index (χ0n) is 12.0. The van der Waals surface area contributed by atoms with E-state index in [0.717, 1.165) is 11.5 Å². The maximum atomic E-state index is 12.3. The van der Waals surface area contributed by atoms with Crippen LogP contribution >= 0.6 is 0 Å². The first-order valence-electron chi connectivity index (χ1n) is 7.15. The molecule has 20 heavy (non-hydrogen) atoms. The molecule has 0 aromatic heterocycles. The molecule has 1 heterocycles. The van der Waals surface area contributed by atoms with Crippen LogP contribution in [0.5, 0.6) is 0 Å². The van der Waals surface area contributed by atoms with Gasteiger partial charge < -0.3 is 4.84 Å². The maximum absolute atomic E-state index is 12.3. The van der Waals surface area contributed by atoms with Crippen LogP contribution in [0.15, 0.2) is 12.2 Å². The van der Waals surface area contributed by atoms with Gasteiger partial charge in [0.2, 0.25) is 0 Å². The van der Waals surface area contributed by atoms with Gasteiger partial charge in [-0.2, -0.15) is 0 Å². The Morgan fingerprint density at radius 3 is 2.20 bits per heavy atom. The molecule has 3 rings (SSSR count). The van der Waals surface area contributed by atoms with Crippen molar-refractivity contribution in [2.45, 2.75) is 33.6 Å². The second kappa shape index (κ2) is 4.17. The Morgan fingerprint density at radius 2 is 1.75 bits per heavy atom. The third kappa shape index (κ3) is 1.65. The molecular weight excluding hydrogens is 258 g/mol. The zero-order valence-corrected chi connectivity index (χ0v) is 12.0. The molecule has 5 heteroatoms. The van der Waals surface area contributed by atoms with E-state index in [4.69, 9.17) is 4.84 Å². The molecule has 2 aliphatic carbocycles. The molecule has 0 spiro atoms. The fourth-order valence-corrected chi connectivity index (χ4v) is 3.32. The van der Waals surface area contributed by atoms with Crippen LogP contribution in [0.3, 0.4) is 0 Å². The predicted molar refractivity (Wildman–Crippen MR) is 69.7 cm³/mol. The van der Waals surface area contributed by atoms with E-state index < -0.39 is 11.4 Å². The molecule has 4 unspecified atom stereocenters. The van der Waals surface area contributed by atoms with Gasteiger partial charge in [0.15, 0.2) is 0 Å². The summed E-state index contributed by atoms with van der Waals surface area (Å²) < 4.78 is 0. The topological polar surface area (TPSA) is 63.7 Å². The van der Waals surface area contributed by atoms with Gasteiger partial charge in [0, 0.05) is 0 Å². The first-order valence-corrected chi connectivity index (χ1v) is 7.15. The lowest BCUT2D eigenvalue weighted by Gasteiger charge is -2.23. The first-order chi connectivity index (χ1) is 9.36. The Hall–Kier alpha value is -1.65. The highest BCUT2D eigenvalue weighted by Crippen LogP contribution is 2.52. The fourth-order valence-electron chi connectivity index (χ4n) is 3.32. The summed E-state index contributed by atoms with van der Waals surface area (Å²) in [6, 6.07) is 0. The largest absolute Gasteiger partial charge is 0.338 e. The summed E-state index contributed by atoms with van der Waals surface area (Å²) in [5, 5.41) is 0.723. The summed E-state index contributed by atoms with van der Waals surface area (Å²) >= 11 is 0. The van der Waals surface area contributed by atoms with Gasteiger partial charge in [0.25, 0.3) is 11.8 Å². The molecule has 1 aliphatic heterocycles. The molecule has 4 atom stereocenters. The normalized spacial score (nSPS) is 34.9. The lowest BCUT2D eigenvalue weighted by atomic mass is 9.85. The maximum Gasteiger partial charge on any atom is 0.338 e. The molecule has 0 radical (unpaired) electrons. The average molecular weight is 277 g/mol. The number of allylic oxidation sites excluding steroid dienone is 2. The van der Waals surface area contributed by atoms with Crippen LogP contribution < -0.4 is 0 Å². The number of amides is 2. The summed E-state index contributed by atoms with van der Waals surface area (Å²) in [4.78, 5) is 41.8. The molecule has 2 bridgehead atoms. The molecule has 108 valence electrons. The molecule has 1 saturated carbocycles. The van der Waals surface area contributed by atoms with Crippen molar-refractivity contribution in [2.75, 3.05) is 0 Å². The predicted octanol–water partition coefficient (Wildman–Crippen LogP) is 1.69. The standard InChI is InChI=1S/C15H19NO4/c1-4-15(2,3)14(19)20-16-12(17)10-8-5-6-9(7-8)11(10)13(16)18/h5-6,8-11H,4,7H2,1-3H3. The van der Waals surface area contributed by atoms with Crippen LogP contribution in [-0.4, -0.2) is 22.8 Å². The van der Waals surface area contributed by atoms with Crippen molar-refractivity contribution in [2.24, 2.45) is 29.1 Å². The van der Waals surface area contributed by atoms with Crippen LogP contribution in [0.4, 0.5) is 0 Å². The van der Waals surface area contributed by atoms with Crippen molar-refractivity contribution in [3.63, 3.8) is 0 Å². The lowest BCUT2D eigenvalue weighted by molar-refractivity contribution is -0.205. The summed E-state index contributed by atoms with van der Waals surface area (Å²) in [6.45, 7) is 5.35. The number of hydrogen-bond acceptors (Lipinski definition) is 4. The Bertz CT molecular complexity index is 492. The Morgan fingerprint density at radius 1 is 1.25 bits per heavy atom. The van der Waals surface area contributed by atoms with E-state index >= 15 is 0 Å². The molecule has 3 aliphatic rings. The summed E-state index contributed by atoms with van der Waals surface area (Å²) in [5.74, 6) is -1.62. The molecule has 0 N–H and O–H groups in total. The van der Waals surface area contributed by atoms with Crippen LogP contribution in [0, 0.1) is 29.1 Å². The first kappa shape index (κ1) is 13.3. The van der Waals surface area contributed by atoms with Crippen LogP contribution in [-0.2, 0) is 19.2 Å². The molecule has 2 amide bonds. The quantitative estimate of drug-likeness (QED) is 0.581. The summed E-state index contributed by atoms with van der Waals surface area (Å²) in [7, 11) is 0. The fraction of sp³-hybridized carbons (Fsp3) is 0.667. The third-order valence-corrected chi connectivity index (χ3v) is 5.04. The Balaban J connectivity index is 1.79. The van der Waals surface area contributed by atoms with Crippen molar-refractivity contribution in [3.05, 3.63) is 12.2 Å². The molecule has 0 aromatic carbocycles. The highest BCUT2D eigenvalue weighted by molar-refractivity contribution is 6.06. The summed E-state index contributed by atoms with van der Waals surface area (Å²) in [5.41, 5.74) is -0.699. The van der Waals surface area contributed by atoms with E-state index in [-0.39, 0.29) is 35.5 Å². The number of nitrogens with zero attached hydrogens (tertiary/aromatic N) is 1. The number of rotatable bonds is 3. The second-order valence-corrected chi connectivity index (χ2v) is 6.59. The van der Waals surface area contributed by atoms with Crippen molar-refractivity contribution >= 4 is 17.8 Å². The van der Waals surface area contributed by atoms with Gasteiger partial charge >= 0.3 is 5.97 Å². The van der Waals surface area contributed by atoms with Crippen LogP contribution in [0.1, 0.15) is 33.6 Å². The molecule has 1 saturated heterocycles. The SMILES string of the molecule is CCC(C)(C)C(=O)ON1C(=O)C2C3C=CC(C3)C2C1=O. The monoisotopic (exact) mass is 277 g/mol. The van der Waals surface area contributed by atoms with E-state index in [1.807, 2.05) is 19.1 Å². The minimum Gasteiger partial charge on any atom is -0.330 e. The van der Waals surface area contributed by atoms with E-state index in [1.165, 1.54) is 0 Å². The number of carbonyl (C=O) groups is 3. The minimum atomic E-state index is -0.699. The van der Waals surface area contributed by atoms with Gasteiger partial charge in [0.1, 0.15) is 0 Å². The smallest absolute Gasteiger partial charge is 0.330 e. The van der Waals surface area contributed by atoms with Gasteiger partial charge in [-0.25, -0.2) is 4.79 Å². The number of carbonyl (C=O) groups excluding carboxylic acids is 3. The molecule has 5 nitrogen and oxygen atoms in total. The van der Waals surface area contributed by atoms with Crippen molar-refractivity contribution < 1.29 is 19.2 Å². The average Bonchev–Trinajstić information content (AvgIpc) is 3.08. The van der Waals surface area contributed by atoms with Crippen molar-refractivity contribution in [1.82, 2.24) is 5.06 Å². The van der Waals surface area contributed by atoms with Crippen molar-refractivity contribution in [3.8, 4) is 0 Å². The molecule has 0 aromatic rings. The van der Waals surface area contributed by atoms with E-state index in [1.54, 1.807) is 13.8 Å². The minimum absolute atomic E-state index is 0.129. The number of fused-ring (bicyclic) bond motifs is 5. The zero-order chi connectivity index (χ0) is 14.7. The number of imide groups is 1.